The molecule has 186 valence electrons. The lowest BCUT2D eigenvalue weighted by molar-refractivity contribution is -0.384. The maximum Gasteiger partial charge on any atom is 0.293 e. The Hall–Kier alpha value is -4.44. The van der Waals surface area contributed by atoms with Gasteiger partial charge < -0.3 is 25.2 Å². The number of methoxy groups -OCH3 is 1. The highest BCUT2D eigenvalue weighted by atomic mass is 16.6. The second kappa shape index (κ2) is 10.9. The van der Waals surface area contributed by atoms with Crippen LogP contribution < -0.4 is 20.3 Å². The molecule has 0 saturated carbocycles. The fourth-order valence-electron chi connectivity index (χ4n) is 3.91. The molecule has 2 amide bonds. The number of carbonyl (C=O) groups excluding carboxylic acids is 2. The van der Waals surface area contributed by atoms with E-state index in [4.69, 9.17) is 4.74 Å². The Morgan fingerprint density at radius 3 is 1.92 bits per heavy atom. The molecule has 1 heterocycles. The number of ether oxygens (including phenoxy) is 1. The van der Waals surface area contributed by atoms with Crippen molar-refractivity contribution in [2.24, 2.45) is 0 Å². The van der Waals surface area contributed by atoms with Crippen LogP contribution in [0.25, 0.3) is 0 Å². The summed E-state index contributed by atoms with van der Waals surface area (Å²) in [5, 5.41) is 17.2. The van der Waals surface area contributed by atoms with Gasteiger partial charge in [-0.25, -0.2) is 0 Å². The normalized spacial score (nSPS) is 13.7. The third kappa shape index (κ3) is 5.78. The lowest BCUT2D eigenvalue weighted by Crippen LogP contribution is -2.44. The highest BCUT2D eigenvalue weighted by Gasteiger charge is 2.24. The van der Waals surface area contributed by atoms with E-state index in [1.165, 1.54) is 6.07 Å². The Bertz CT molecular complexity index is 1250. The zero-order chi connectivity index (χ0) is 25.7. The molecule has 1 aliphatic heterocycles. The molecule has 0 unspecified atom stereocenters. The minimum atomic E-state index is -0.474. The van der Waals surface area contributed by atoms with E-state index in [0.717, 1.165) is 13.1 Å². The van der Waals surface area contributed by atoms with Gasteiger partial charge in [-0.2, -0.15) is 0 Å². The van der Waals surface area contributed by atoms with Crippen molar-refractivity contribution in [3.05, 3.63) is 88.0 Å². The van der Waals surface area contributed by atoms with Gasteiger partial charge in [-0.3, -0.25) is 19.7 Å². The van der Waals surface area contributed by atoms with Crippen LogP contribution in [0.3, 0.4) is 0 Å². The van der Waals surface area contributed by atoms with Crippen LogP contribution in [-0.4, -0.2) is 62.0 Å². The van der Waals surface area contributed by atoms with Gasteiger partial charge in [0.2, 0.25) is 0 Å². The van der Waals surface area contributed by atoms with Gasteiger partial charge in [0, 0.05) is 54.7 Å². The Kier molecular flexibility index (Phi) is 7.45. The standard InChI is InChI=1S/C26H27N5O5/c1-29-13-15-30(16-14-29)23-12-5-19(17-24(23)31(34)35)26(33)28-20-6-3-18(4-7-20)25(32)27-21-8-10-22(36-2)11-9-21/h3-12,17H,13-16H2,1-2H3,(H,27,32)(H,28,33). The lowest BCUT2D eigenvalue weighted by Gasteiger charge is -2.33. The summed E-state index contributed by atoms with van der Waals surface area (Å²) in [5.74, 6) is -0.0842. The van der Waals surface area contributed by atoms with Gasteiger partial charge in [0.05, 0.1) is 12.0 Å². The zero-order valence-corrected chi connectivity index (χ0v) is 20.1. The Morgan fingerprint density at radius 1 is 0.833 bits per heavy atom. The number of rotatable bonds is 7. The molecule has 3 aromatic carbocycles. The first-order valence-corrected chi connectivity index (χ1v) is 11.4. The molecule has 0 aromatic heterocycles. The van der Waals surface area contributed by atoms with Crippen molar-refractivity contribution in [1.29, 1.82) is 0 Å². The van der Waals surface area contributed by atoms with Crippen molar-refractivity contribution < 1.29 is 19.2 Å². The summed E-state index contributed by atoms with van der Waals surface area (Å²) in [6.45, 7) is 2.99. The maximum atomic E-state index is 12.8. The van der Waals surface area contributed by atoms with Crippen molar-refractivity contribution in [3.63, 3.8) is 0 Å². The largest absolute Gasteiger partial charge is 0.497 e. The number of anilines is 3. The number of nitrogens with zero attached hydrogens (tertiary/aromatic N) is 3. The van der Waals surface area contributed by atoms with Gasteiger partial charge in [0.1, 0.15) is 11.4 Å². The molecule has 0 bridgehead atoms. The number of carbonyl (C=O) groups is 2. The third-order valence-electron chi connectivity index (χ3n) is 6.03. The molecule has 1 fully saturated rings. The molecule has 4 rings (SSSR count). The van der Waals surface area contributed by atoms with Gasteiger partial charge >= 0.3 is 0 Å². The maximum absolute atomic E-state index is 12.8. The molecule has 3 aromatic rings. The van der Waals surface area contributed by atoms with E-state index >= 15 is 0 Å². The van der Waals surface area contributed by atoms with Crippen molar-refractivity contribution in [2.75, 3.05) is 55.9 Å². The summed E-state index contributed by atoms with van der Waals surface area (Å²) in [6.07, 6.45) is 0. The van der Waals surface area contributed by atoms with Crippen molar-refractivity contribution >= 4 is 34.6 Å². The number of benzene rings is 3. The Balaban J connectivity index is 1.42. The molecular weight excluding hydrogens is 462 g/mol. The summed E-state index contributed by atoms with van der Waals surface area (Å²) in [6, 6.07) is 17.9. The Labute approximate surface area is 208 Å². The van der Waals surface area contributed by atoms with E-state index < -0.39 is 10.8 Å². The fraction of sp³-hybridized carbons (Fsp3) is 0.231. The molecule has 10 nitrogen and oxygen atoms in total. The van der Waals surface area contributed by atoms with Crippen molar-refractivity contribution in [1.82, 2.24) is 4.90 Å². The third-order valence-corrected chi connectivity index (χ3v) is 6.03. The fourth-order valence-corrected chi connectivity index (χ4v) is 3.91. The second-order valence-electron chi connectivity index (χ2n) is 8.47. The molecule has 1 aliphatic rings. The lowest BCUT2D eigenvalue weighted by atomic mass is 10.1. The molecule has 0 spiro atoms. The molecule has 0 atom stereocenters. The van der Waals surface area contributed by atoms with Crippen LogP contribution in [-0.2, 0) is 0 Å². The smallest absolute Gasteiger partial charge is 0.293 e. The van der Waals surface area contributed by atoms with E-state index in [-0.39, 0.29) is 17.2 Å². The number of nitro benzene ring substituents is 1. The first-order chi connectivity index (χ1) is 17.3. The van der Waals surface area contributed by atoms with E-state index in [0.29, 0.717) is 41.5 Å². The highest BCUT2D eigenvalue weighted by Crippen LogP contribution is 2.30. The minimum absolute atomic E-state index is 0.0993. The van der Waals surface area contributed by atoms with Gasteiger partial charge in [0.25, 0.3) is 17.5 Å². The average Bonchev–Trinajstić information content (AvgIpc) is 2.89. The molecule has 10 heteroatoms. The van der Waals surface area contributed by atoms with Crippen LogP contribution in [0.4, 0.5) is 22.7 Å². The van der Waals surface area contributed by atoms with E-state index in [1.807, 2.05) is 11.9 Å². The minimum Gasteiger partial charge on any atom is -0.497 e. The van der Waals surface area contributed by atoms with E-state index in [2.05, 4.69) is 15.5 Å². The number of likely N-dealkylation sites (N-methyl/N-ethyl adjacent to an activating group) is 1. The van der Waals surface area contributed by atoms with Crippen molar-refractivity contribution in [3.8, 4) is 5.75 Å². The highest BCUT2D eigenvalue weighted by molar-refractivity contribution is 6.06. The number of piperazine rings is 1. The SMILES string of the molecule is COc1ccc(NC(=O)c2ccc(NC(=O)c3ccc(N4CCN(C)CC4)c([N+](=O)[O-])c3)cc2)cc1. The molecule has 2 N–H and O–H groups in total. The predicted octanol–water partition coefficient (Wildman–Crippen LogP) is 3.86. The summed E-state index contributed by atoms with van der Waals surface area (Å²) in [5.41, 5.74) is 2.10. The van der Waals surface area contributed by atoms with Crippen LogP contribution in [0.1, 0.15) is 20.7 Å². The molecular formula is C26H27N5O5. The summed E-state index contributed by atoms with van der Waals surface area (Å²) in [4.78, 5) is 40.7. The number of nitro groups is 1. The number of hydrogen-bond acceptors (Lipinski definition) is 7. The zero-order valence-electron chi connectivity index (χ0n) is 20.1. The number of hydrogen-bond donors (Lipinski definition) is 2. The van der Waals surface area contributed by atoms with Crippen molar-refractivity contribution in [2.45, 2.75) is 0 Å². The topological polar surface area (TPSA) is 117 Å². The van der Waals surface area contributed by atoms with Crippen LogP contribution in [0.2, 0.25) is 0 Å². The van der Waals surface area contributed by atoms with Crippen LogP contribution in [0, 0.1) is 10.1 Å². The average molecular weight is 490 g/mol. The van der Waals surface area contributed by atoms with Gasteiger partial charge in [-0.05, 0) is 67.7 Å². The van der Waals surface area contributed by atoms with Gasteiger partial charge in [-0.1, -0.05) is 0 Å². The Morgan fingerprint density at radius 2 is 1.36 bits per heavy atom. The molecule has 36 heavy (non-hydrogen) atoms. The first-order valence-electron chi connectivity index (χ1n) is 11.4. The number of nitrogens with one attached hydrogen (secondary N) is 2. The molecule has 1 saturated heterocycles. The number of amides is 2. The second-order valence-corrected chi connectivity index (χ2v) is 8.47. The molecule has 0 aliphatic carbocycles. The van der Waals surface area contributed by atoms with E-state index in [1.54, 1.807) is 67.8 Å². The monoisotopic (exact) mass is 489 g/mol. The van der Waals surface area contributed by atoms with Crippen LogP contribution >= 0.6 is 0 Å². The van der Waals surface area contributed by atoms with Gasteiger partial charge in [0.15, 0.2) is 0 Å². The van der Waals surface area contributed by atoms with E-state index in [9.17, 15) is 19.7 Å². The summed E-state index contributed by atoms with van der Waals surface area (Å²) < 4.78 is 5.11. The quantitative estimate of drug-likeness (QED) is 0.382. The van der Waals surface area contributed by atoms with Gasteiger partial charge in [-0.15, -0.1) is 0 Å². The van der Waals surface area contributed by atoms with Crippen LogP contribution in [0.5, 0.6) is 5.75 Å². The van der Waals surface area contributed by atoms with Crippen LogP contribution in [0.15, 0.2) is 66.7 Å². The molecule has 0 radical (unpaired) electrons. The summed E-state index contributed by atoms with van der Waals surface area (Å²) >= 11 is 0. The first kappa shape index (κ1) is 24.7. The predicted molar refractivity (Wildman–Crippen MR) is 138 cm³/mol. The summed E-state index contributed by atoms with van der Waals surface area (Å²) in [7, 11) is 3.58.